The smallest absolute Gasteiger partial charge is 0.105 e. The zero-order valence-corrected chi connectivity index (χ0v) is 10.4. The maximum Gasteiger partial charge on any atom is 0.105 e. The molecule has 2 nitrogen and oxygen atoms in total. The average Bonchev–Trinajstić information content (AvgIpc) is 2.28. The summed E-state index contributed by atoms with van der Waals surface area (Å²) in [5, 5.41) is 19.7. The van der Waals surface area contributed by atoms with Gasteiger partial charge in [0, 0.05) is 0 Å². The summed E-state index contributed by atoms with van der Waals surface area (Å²) in [5.74, 6) is 0.0605. The minimum absolute atomic E-state index is 0.0605. The van der Waals surface area contributed by atoms with E-state index in [1.54, 1.807) is 0 Å². The lowest BCUT2D eigenvalue weighted by Crippen LogP contribution is -2.23. The molecule has 0 aliphatic heterocycles. The van der Waals surface area contributed by atoms with Crippen LogP contribution in [-0.2, 0) is 6.42 Å². The summed E-state index contributed by atoms with van der Waals surface area (Å²) >= 11 is 0. The van der Waals surface area contributed by atoms with Crippen LogP contribution in [0.25, 0.3) is 0 Å². The molecule has 0 heterocycles. The molecule has 0 aliphatic carbocycles. The number of rotatable bonds is 5. The molecule has 0 saturated carbocycles. The molecule has 1 rings (SSSR count). The fourth-order valence-electron chi connectivity index (χ4n) is 1.73. The van der Waals surface area contributed by atoms with Crippen LogP contribution in [0.4, 0.5) is 0 Å². The molecule has 0 radical (unpaired) electrons. The van der Waals surface area contributed by atoms with Crippen molar-refractivity contribution in [2.75, 3.05) is 0 Å². The number of hydrogen-bond donors (Lipinski definition) is 2. The van der Waals surface area contributed by atoms with Crippen molar-refractivity contribution in [1.29, 1.82) is 0 Å². The minimum atomic E-state index is -0.782. The lowest BCUT2D eigenvalue weighted by molar-refractivity contribution is -0.00940. The van der Waals surface area contributed by atoms with E-state index in [0.29, 0.717) is 0 Å². The summed E-state index contributed by atoms with van der Waals surface area (Å²) in [7, 11) is 0. The van der Waals surface area contributed by atoms with Gasteiger partial charge in [-0.25, -0.2) is 0 Å². The molecular formula is C14H22O2. The number of benzene rings is 1. The molecule has 1 aromatic carbocycles. The molecule has 16 heavy (non-hydrogen) atoms. The first-order valence-electron chi connectivity index (χ1n) is 6.01. The normalized spacial score (nSPS) is 15.1. The van der Waals surface area contributed by atoms with E-state index in [9.17, 15) is 10.2 Å². The van der Waals surface area contributed by atoms with E-state index < -0.39 is 12.2 Å². The molecule has 0 aliphatic rings. The highest BCUT2D eigenvalue weighted by Gasteiger charge is 2.21. The van der Waals surface area contributed by atoms with Crippen LogP contribution in [0, 0.1) is 5.92 Å². The van der Waals surface area contributed by atoms with Gasteiger partial charge in [-0.15, -0.1) is 0 Å². The Hall–Kier alpha value is -0.860. The zero-order valence-electron chi connectivity index (χ0n) is 10.4. The Morgan fingerprint density at radius 1 is 1.06 bits per heavy atom. The van der Waals surface area contributed by atoms with Crippen molar-refractivity contribution in [1.82, 2.24) is 0 Å². The SMILES string of the molecule is CCCc1ccc(C(O)C(O)C(C)C)cc1. The fraction of sp³-hybridized carbons (Fsp3) is 0.571. The summed E-state index contributed by atoms with van der Waals surface area (Å²) in [6, 6.07) is 7.85. The second-order valence-electron chi connectivity index (χ2n) is 4.67. The molecule has 0 bridgehead atoms. The average molecular weight is 222 g/mol. The molecule has 2 unspecified atom stereocenters. The zero-order chi connectivity index (χ0) is 12.1. The van der Waals surface area contributed by atoms with Crippen molar-refractivity contribution < 1.29 is 10.2 Å². The van der Waals surface area contributed by atoms with Gasteiger partial charge in [-0.1, -0.05) is 51.5 Å². The maximum atomic E-state index is 9.93. The predicted octanol–water partition coefficient (Wildman–Crippen LogP) is 2.69. The lowest BCUT2D eigenvalue weighted by atomic mass is 9.95. The Morgan fingerprint density at radius 3 is 2.06 bits per heavy atom. The van der Waals surface area contributed by atoms with Gasteiger partial charge in [-0.2, -0.15) is 0 Å². The summed E-state index contributed by atoms with van der Waals surface area (Å²) in [6.45, 7) is 5.95. The van der Waals surface area contributed by atoms with Crippen LogP contribution < -0.4 is 0 Å². The van der Waals surface area contributed by atoms with Crippen LogP contribution in [-0.4, -0.2) is 16.3 Å². The second-order valence-corrected chi connectivity index (χ2v) is 4.67. The molecule has 0 amide bonds. The van der Waals surface area contributed by atoms with Crippen LogP contribution in [0.1, 0.15) is 44.4 Å². The van der Waals surface area contributed by atoms with Crippen molar-refractivity contribution in [3.8, 4) is 0 Å². The third kappa shape index (κ3) is 3.32. The Balaban J connectivity index is 2.73. The van der Waals surface area contributed by atoms with E-state index >= 15 is 0 Å². The molecule has 0 aromatic heterocycles. The third-order valence-electron chi connectivity index (χ3n) is 2.87. The predicted molar refractivity (Wildman–Crippen MR) is 66.2 cm³/mol. The van der Waals surface area contributed by atoms with Gasteiger partial charge in [0.05, 0.1) is 6.10 Å². The van der Waals surface area contributed by atoms with Crippen molar-refractivity contribution in [2.45, 2.75) is 45.8 Å². The van der Waals surface area contributed by atoms with Gasteiger partial charge < -0.3 is 10.2 Å². The second kappa shape index (κ2) is 6.02. The number of hydrogen-bond acceptors (Lipinski definition) is 2. The Labute approximate surface area is 97.9 Å². The van der Waals surface area contributed by atoms with E-state index in [-0.39, 0.29) is 5.92 Å². The highest BCUT2D eigenvalue weighted by molar-refractivity contribution is 5.24. The monoisotopic (exact) mass is 222 g/mol. The number of aliphatic hydroxyl groups excluding tert-OH is 2. The van der Waals surface area contributed by atoms with Crippen LogP contribution >= 0.6 is 0 Å². The molecule has 2 N–H and O–H groups in total. The van der Waals surface area contributed by atoms with Crippen LogP contribution in [0.5, 0.6) is 0 Å². The Kier molecular flexibility index (Phi) is 4.97. The van der Waals surface area contributed by atoms with E-state index in [0.717, 1.165) is 18.4 Å². The number of aliphatic hydroxyl groups is 2. The van der Waals surface area contributed by atoms with Gasteiger partial charge in [0.25, 0.3) is 0 Å². The molecule has 2 atom stereocenters. The minimum Gasteiger partial charge on any atom is -0.390 e. The van der Waals surface area contributed by atoms with Crippen LogP contribution in [0.15, 0.2) is 24.3 Å². The van der Waals surface area contributed by atoms with Gasteiger partial charge in [-0.3, -0.25) is 0 Å². The van der Waals surface area contributed by atoms with Crippen molar-refractivity contribution in [2.24, 2.45) is 5.92 Å². The molecule has 0 spiro atoms. The first-order chi connectivity index (χ1) is 7.56. The lowest BCUT2D eigenvalue weighted by Gasteiger charge is -2.21. The van der Waals surface area contributed by atoms with Crippen molar-refractivity contribution in [3.63, 3.8) is 0 Å². The summed E-state index contributed by atoms with van der Waals surface area (Å²) in [5.41, 5.74) is 2.07. The van der Waals surface area contributed by atoms with E-state index in [1.807, 2.05) is 38.1 Å². The molecule has 1 aromatic rings. The van der Waals surface area contributed by atoms with Gasteiger partial charge in [0.2, 0.25) is 0 Å². The van der Waals surface area contributed by atoms with Gasteiger partial charge >= 0.3 is 0 Å². The van der Waals surface area contributed by atoms with Crippen LogP contribution in [0.2, 0.25) is 0 Å². The number of aryl methyl sites for hydroxylation is 1. The molecular weight excluding hydrogens is 200 g/mol. The van der Waals surface area contributed by atoms with Gasteiger partial charge in [0.1, 0.15) is 6.10 Å². The van der Waals surface area contributed by atoms with E-state index in [1.165, 1.54) is 5.56 Å². The standard InChI is InChI=1S/C14H22O2/c1-4-5-11-6-8-12(9-7-11)14(16)13(15)10(2)3/h6-10,13-16H,4-5H2,1-3H3. The Bertz CT molecular complexity index is 303. The molecule has 90 valence electrons. The summed E-state index contributed by atoms with van der Waals surface area (Å²) < 4.78 is 0. The third-order valence-corrected chi connectivity index (χ3v) is 2.87. The first-order valence-corrected chi connectivity index (χ1v) is 6.01. The highest BCUT2D eigenvalue weighted by atomic mass is 16.3. The van der Waals surface area contributed by atoms with Crippen molar-refractivity contribution in [3.05, 3.63) is 35.4 Å². The summed E-state index contributed by atoms with van der Waals surface area (Å²) in [6.07, 6.45) is 0.701. The largest absolute Gasteiger partial charge is 0.390 e. The van der Waals surface area contributed by atoms with Crippen LogP contribution in [0.3, 0.4) is 0 Å². The summed E-state index contributed by atoms with van der Waals surface area (Å²) in [4.78, 5) is 0. The van der Waals surface area contributed by atoms with Gasteiger partial charge in [-0.05, 0) is 23.5 Å². The quantitative estimate of drug-likeness (QED) is 0.804. The molecule has 0 saturated heterocycles. The Morgan fingerprint density at radius 2 is 1.62 bits per heavy atom. The fourth-order valence-corrected chi connectivity index (χ4v) is 1.73. The van der Waals surface area contributed by atoms with E-state index in [4.69, 9.17) is 0 Å². The molecule has 0 fully saturated rings. The first kappa shape index (κ1) is 13.2. The topological polar surface area (TPSA) is 40.5 Å². The van der Waals surface area contributed by atoms with E-state index in [2.05, 4.69) is 6.92 Å². The highest BCUT2D eigenvalue weighted by Crippen LogP contribution is 2.22. The maximum absolute atomic E-state index is 9.93. The molecule has 2 heteroatoms. The van der Waals surface area contributed by atoms with Crippen molar-refractivity contribution >= 4 is 0 Å². The van der Waals surface area contributed by atoms with Gasteiger partial charge in [0.15, 0.2) is 0 Å².